The largest absolute Gasteiger partial charge is 0.507 e. The fraction of sp³-hybridized carbons (Fsp3) is 0.310. The van der Waals surface area contributed by atoms with Gasteiger partial charge in [-0.2, -0.15) is 0 Å². The number of rotatable bonds is 4. The summed E-state index contributed by atoms with van der Waals surface area (Å²) in [7, 11) is 0. The number of aromatic hydroxyl groups is 1. The van der Waals surface area contributed by atoms with Gasteiger partial charge in [-0.25, -0.2) is 4.98 Å². The molecule has 0 atom stereocenters. The first-order valence-electron chi connectivity index (χ1n) is 11.4. The molecule has 33 heavy (non-hydrogen) atoms. The number of hydrogen-bond donors (Lipinski definition) is 1. The summed E-state index contributed by atoms with van der Waals surface area (Å²) in [4.78, 5) is 18.7. The molecule has 1 heterocycles. The molecule has 0 aliphatic heterocycles. The van der Waals surface area contributed by atoms with Gasteiger partial charge >= 0.3 is 0 Å². The first-order valence-corrected chi connectivity index (χ1v) is 11.4. The second kappa shape index (κ2) is 8.18. The molecular formula is C29H32N2O2. The van der Waals surface area contributed by atoms with Crippen molar-refractivity contribution >= 4 is 16.8 Å². The molecule has 0 bridgehead atoms. The van der Waals surface area contributed by atoms with Crippen molar-refractivity contribution in [2.75, 3.05) is 0 Å². The van der Waals surface area contributed by atoms with E-state index in [1.54, 1.807) is 0 Å². The normalized spacial score (nSPS) is 12.3. The molecule has 0 radical (unpaired) electrons. The number of carbonyl (C=O) groups excluding carboxylic acids is 1. The molecule has 170 valence electrons. The van der Waals surface area contributed by atoms with Crippen LogP contribution >= 0.6 is 0 Å². The van der Waals surface area contributed by atoms with Crippen molar-refractivity contribution in [3.63, 3.8) is 0 Å². The molecule has 4 aromatic rings. The zero-order chi connectivity index (χ0) is 24.0. The van der Waals surface area contributed by atoms with Crippen LogP contribution in [-0.4, -0.2) is 20.4 Å². The Balaban J connectivity index is 1.91. The van der Waals surface area contributed by atoms with Gasteiger partial charge in [0, 0.05) is 23.2 Å². The predicted octanol–water partition coefficient (Wildman–Crippen LogP) is 6.62. The Hall–Kier alpha value is -3.40. The highest BCUT2D eigenvalue weighted by molar-refractivity contribution is 6.08. The Labute approximate surface area is 195 Å². The minimum Gasteiger partial charge on any atom is -0.507 e. The first-order chi connectivity index (χ1) is 15.5. The predicted molar refractivity (Wildman–Crippen MR) is 134 cm³/mol. The van der Waals surface area contributed by atoms with Gasteiger partial charge in [0.25, 0.3) is 0 Å². The molecule has 0 unspecified atom stereocenters. The van der Waals surface area contributed by atoms with Crippen LogP contribution in [0.15, 0.2) is 66.7 Å². The van der Waals surface area contributed by atoms with Crippen LogP contribution in [0.25, 0.3) is 11.0 Å². The number of fused-ring (bicyclic) bond motifs is 1. The smallest absolute Gasteiger partial charge is 0.228 e. The van der Waals surface area contributed by atoms with Gasteiger partial charge in [0.15, 0.2) is 5.82 Å². The summed E-state index contributed by atoms with van der Waals surface area (Å²) in [6, 6.07) is 21.6. The van der Waals surface area contributed by atoms with E-state index in [9.17, 15) is 9.90 Å². The monoisotopic (exact) mass is 440 g/mol. The van der Waals surface area contributed by atoms with E-state index in [-0.39, 0.29) is 22.4 Å². The third kappa shape index (κ3) is 4.43. The number of phenolic OH excluding ortho intramolecular Hbond substituents is 1. The van der Waals surface area contributed by atoms with Gasteiger partial charge in [-0.1, -0.05) is 84.0 Å². The van der Waals surface area contributed by atoms with Crippen molar-refractivity contribution in [1.29, 1.82) is 0 Å². The van der Waals surface area contributed by atoms with Crippen molar-refractivity contribution in [3.05, 3.63) is 94.8 Å². The average Bonchev–Trinajstić information content (AvgIpc) is 3.11. The molecule has 0 aliphatic carbocycles. The van der Waals surface area contributed by atoms with Crippen molar-refractivity contribution in [3.8, 4) is 5.75 Å². The molecule has 1 N–H and O–H groups in total. The van der Waals surface area contributed by atoms with Gasteiger partial charge in [-0.3, -0.25) is 4.79 Å². The molecule has 0 aliphatic rings. The van der Waals surface area contributed by atoms with E-state index >= 15 is 0 Å². The van der Waals surface area contributed by atoms with E-state index in [1.165, 1.54) is 0 Å². The number of nitrogens with zero attached hydrogens (tertiary/aromatic N) is 2. The van der Waals surface area contributed by atoms with E-state index in [0.29, 0.717) is 17.9 Å². The van der Waals surface area contributed by atoms with Crippen LogP contribution in [0.5, 0.6) is 5.75 Å². The Morgan fingerprint density at radius 3 is 1.97 bits per heavy atom. The number of benzene rings is 3. The van der Waals surface area contributed by atoms with E-state index in [2.05, 4.69) is 12.1 Å². The molecule has 3 aromatic carbocycles. The second-order valence-electron chi connectivity index (χ2n) is 10.7. The minimum absolute atomic E-state index is 0.141. The van der Waals surface area contributed by atoms with E-state index in [0.717, 1.165) is 27.7 Å². The third-order valence-electron chi connectivity index (χ3n) is 6.03. The lowest BCUT2D eigenvalue weighted by atomic mass is 9.78. The summed E-state index contributed by atoms with van der Waals surface area (Å²) in [5.41, 5.74) is 4.28. The molecule has 4 rings (SSSR count). The number of phenols is 1. The maximum Gasteiger partial charge on any atom is 0.228 e. The van der Waals surface area contributed by atoms with Crippen molar-refractivity contribution in [2.24, 2.45) is 0 Å². The van der Waals surface area contributed by atoms with Gasteiger partial charge in [-0.05, 0) is 40.7 Å². The van der Waals surface area contributed by atoms with E-state index < -0.39 is 0 Å². The third-order valence-corrected chi connectivity index (χ3v) is 6.03. The summed E-state index contributed by atoms with van der Waals surface area (Å²) in [5.74, 6) is 0.535. The lowest BCUT2D eigenvalue weighted by molar-refractivity contribution is 0.102. The van der Waals surface area contributed by atoms with Crippen LogP contribution in [0.3, 0.4) is 0 Å². The van der Waals surface area contributed by atoms with Crippen molar-refractivity contribution in [2.45, 2.75) is 58.9 Å². The molecule has 1 aromatic heterocycles. The van der Waals surface area contributed by atoms with Crippen LogP contribution in [-0.2, 0) is 17.4 Å². The zero-order valence-corrected chi connectivity index (χ0v) is 20.3. The summed E-state index contributed by atoms with van der Waals surface area (Å²) < 4.78 is 1.99. The lowest BCUT2D eigenvalue weighted by Crippen LogP contribution is -2.20. The van der Waals surface area contributed by atoms with Gasteiger partial charge in [-0.15, -0.1) is 0 Å². The standard InChI is InChI=1S/C29H32N2O2/c1-28(2,3)21-16-20(17-22(26(21)33)29(4,5)6)25(32)27-30-23-14-10-11-15-24(23)31(27)18-19-12-8-7-9-13-19/h7-17,33H,18H2,1-6H3. The Morgan fingerprint density at radius 1 is 0.848 bits per heavy atom. The minimum atomic E-state index is -0.315. The van der Waals surface area contributed by atoms with E-state index in [1.807, 2.05) is 101 Å². The molecule has 0 spiro atoms. The molecular weight excluding hydrogens is 408 g/mol. The van der Waals surface area contributed by atoms with Crippen LogP contribution in [0.4, 0.5) is 0 Å². The highest BCUT2D eigenvalue weighted by Crippen LogP contribution is 2.40. The quantitative estimate of drug-likeness (QED) is 0.363. The highest BCUT2D eigenvalue weighted by atomic mass is 16.3. The number of hydrogen-bond acceptors (Lipinski definition) is 3. The molecule has 0 amide bonds. The van der Waals surface area contributed by atoms with Crippen LogP contribution < -0.4 is 0 Å². The summed E-state index contributed by atoms with van der Waals surface area (Å²) in [6.45, 7) is 12.8. The molecule has 0 fully saturated rings. The topological polar surface area (TPSA) is 55.1 Å². The Bertz CT molecular complexity index is 1280. The first kappa shape index (κ1) is 22.8. The van der Waals surface area contributed by atoms with Gasteiger partial charge in [0.1, 0.15) is 5.75 Å². The van der Waals surface area contributed by atoms with Gasteiger partial charge in [0.2, 0.25) is 5.78 Å². The lowest BCUT2D eigenvalue weighted by Gasteiger charge is -2.28. The SMILES string of the molecule is CC(C)(C)c1cc(C(=O)c2nc3ccccc3n2Cc2ccccc2)cc(C(C)(C)C)c1O. The molecule has 4 heteroatoms. The van der Waals surface area contributed by atoms with E-state index in [4.69, 9.17) is 4.98 Å². The second-order valence-corrected chi connectivity index (χ2v) is 10.7. The summed E-state index contributed by atoms with van der Waals surface area (Å²) in [5, 5.41) is 11.1. The number of carbonyl (C=O) groups is 1. The molecule has 0 saturated heterocycles. The Morgan fingerprint density at radius 2 is 1.39 bits per heavy atom. The fourth-order valence-electron chi connectivity index (χ4n) is 4.21. The fourth-order valence-corrected chi connectivity index (χ4v) is 4.21. The number of imidazole rings is 1. The van der Waals surface area contributed by atoms with Crippen LogP contribution in [0.1, 0.15) is 74.4 Å². The van der Waals surface area contributed by atoms with Gasteiger partial charge < -0.3 is 9.67 Å². The number of para-hydroxylation sites is 2. The number of ketones is 1. The van der Waals surface area contributed by atoms with Crippen LogP contribution in [0.2, 0.25) is 0 Å². The maximum atomic E-state index is 13.9. The number of aromatic nitrogens is 2. The van der Waals surface area contributed by atoms with Gasteiger partial charge in [0.05, 0.1) is 11.0 Å². The molecule has 4 nitrogen and oxygen atoms in total. The van der Waals surface area contributed by atoms with Crippen LogP contribution in [0, 0.1) is 0 Å². The Kier molecular flexibility index (Phi) is 5.65. The highest BCUT2D eigenvalue weighted by Gasteiger charge is 2.29. The summed E-state index contributed by atoms with van der Waals surface area (Å²) in [6.07, 6.45) is 0. The van der Waals surface area contributed by atoms with Crippen molar-refractivity contribution in [1.82, 2.24) is 9.55 Å². The van der Waals surface area contributed by atoms with Crippen molar-refractivity contribution < 1.29 is 9.90 Å². The summed E-state index contributed by atoms with van der Waals surface area (Å²) >= 11 is 0. The zero-order valence-electron chi connectivity index (χ0n) is 20.3. The average molecular weight is 441 g/mol. The maximum absolute atomic E-state index is 13.9. The molecule has 0 saturated carbocycles.